The van der Waals surface area contributed by atoms with Crippen molar-refractivity contribution in [3.63, 3.8) is 0 Å². The summed E-state index contributed by atoms with van der Waals surface area (Å²) in [7, 11) is 0. The quantitative estimate of drug-likeness (QED) is 0.838. The van der Waals surface area contributed by atoms with Crippen LogP contribution >= 0.6 is 15.9 Å². The predicted octanol–water partition coefficient (Wildman–Crippen LogP) is 3.12. The molecule has 0 aromatic heterocycles. The Morgan fingerprint density at radius 1 is 1.50 bits per heavy atom. The first-order valence-corrected chi connectivity index (χ1v) is 4.53. The summed E-state index contributed by atoms with van der Waals surface area (Å²) in [4.78, 5) is 0. The van der Waals surface area contributed by atoms with Crippen molar-refractivity contribution in [3.05, 3.63) is 28.2 Å². The monoisotopic (exact) mass is 261 g/mol. The molecule has 2 nitrogen and oxygen atoms in total. The topological polar surface area (TPSA) is 33.0 Å². The van der Waals surface area contributed by atoms with Gasteiger partial charge in [-0.15, -0.1) is 0 Å². The van der Waals surface area contributed by atoms with E-state index in [2.05, 4.69) is 20.7 Å². The van der Waals surface area contributed by atoms with Crippen molar-refractivity contribution in [2.45, 2.75) is 13.0 Å². The highest BCUT2D eigenvalue weighted by Crippen LogP contribution is 2.25. The Hall–Kier alpha value is -1.15. The maximum absolute atomic E-state index is 12.0. The third kappa shape index (κ3) is 2.96. The van der Waals surface area contributed by atoms with E-state index in [0.717, 1.165) is 0 Å². The van der Waals surface area contributed by atoms with Gasteiger partial charge >= 0.3 is 6.61 Å². The zero-order chi connectivity index (χ0) is 10.6. The van der Waals surface area contributed by atoms with E-state index in [-0.39, 0.29) is 12.2 Å². The van der Waals surface area contributed by atoms with Gasteiger partial charge in [-0.2, -0.15) is 14.0 Å². The normalized spacial score (nSPS) is 9.93. The Bertz CT molecular complexity index is 362. The van der Waals surface area contributed by atoms with Gasteiger partial charge in [-0.3, -0.25) is 0 Å². The number of benzene rings is 1. The van der Waals surface area contributed by atoms with Crippen molar-refractivity contribution in [2.24, 2.45) is 0 Å². The highest BCUT2D eigenvalue weighted by molar-refractivity contribution is 9.10. The van der Waals surface area contributed by atoms with Gasteiger partial charge in [-0.05, 0) is 12.1 Å². The van der Waals surface area contributed by atoms with Gasteiger partial charge in [0.15, 0.2) is 0 Å². The van der Waals surface area contributed by atoms with Crippen LogP contribution in [0, 0.1) is 11.3 Å². The Balaban J connectivity index is 2.97. The molecule has 0 spiro atoms. The van der Waals surface area contributed by atoms with Gasteiger partial charge in [0.1, 0.15) is 5.75 Å². The molecule has 0 saturated heterocycles. The maximum atomic E-state index is 12.0. The number of nitriles is 1. The third-order valence-electron chi connectivity index (χ3n) is 1.51. The largest absolute Gasteiger partial charge is 0.434 e. The summed E-state index contributed by atoms with van der Waals surface area (Å²) in [5, 5.41) is 8.44. The highest BCUT2D eigenvalue weighted by Gasteiger charge is 2.09. The van der Waals surface area contributed by atoms with Gasteiger partial charge < -0.3 is 4.74 Å². The number of halogens is 3. The van der Waals surface area contributed by atoms with Crippen molar-refractivity contribution in [3.8, 4) is 11.8 Å². The molecule has 0 aliphatic rings. The fraction of sp³-hybridized carbons (Fsp3) is 0.222. The molecule has 0 amide bonds. The Morgan fingerprint density at radius 3 is 2.79 bits per heavy atom. The second-order valence-corrected chi connectivity index (χ2v) is 3.38. The molecule has 0 heterocycles. The van der Waals surface area contributed by atoms with Gasteiger partial charge in [-0.25, -0.2) is 0 Å². The van der Waals surface area contributed by atoms with Crippen LogP contribution in [-0.4, -0.2) is 6.61 Å². The van der Waals surface area contributed by atoms with Gasteiger partial charge in [0, 0.05) is 10.0 Å². The van der Waals surface area contributed by atoms with Crippen LogP contribution in [-0.2, 0) is 6.42 Å². The van der Waals surface area contributed by atoms with Crippen molar-refractivity contribution in [2.75, 3.05) is 0 Å². The smallest absolute Gasteiger partial charge is 0.387 e. The van der Waals surface area contributed by atoms with Gasteiger partial charge in [-0.1, -0.05) is 22.0 Å². The summed E-state index contributed by atoms with van der Waals surface area (Å²) in [6, 6.07) is 6.54. The minimum absolute atomic E-state index is 0.0379. The number of nitrogens with zero attached hydrogens (tertiary/aromatic N) is 1. The molecule has 0 unspecified atom stereocenters. The van der Waals surface area contributed by atoms with E-state index in [1.54, 1.807) is 12.1 Å². The van der Waals surface area contributed by atoms with Gasteiger partial charge in [0.2, 0.25) is 0 Å². The van der Waals surface area contributed by atoms with Crippen LogP contribution in [0.1, 0.15) is 5.56 Å². The SMILES string of the molecule is N#CCc1ccc(Br)cc1OC(F)F. The molecule has 0 bridgehead atoms. The summed E-state index contributed by atoms with van der Waals surface area (Å²) in [5.41, 5.74) is 0.455. The molecule has 0 radical (unpaired) electrons. The first-order valence-electron chi connectivity index (χ1n) is 3.73. The van der Waals surface area contributed by atoms with Crippen molar-refractivity contribution >= 4 is 15.9 Å². The molecule has 1 aromatic rings. The third-order valence-corrected chi connectivity index (χ3v) is 2.01. The lowest BCUT2D eigenvalue weighted by atomic mass is 10.1. The van der Waals surface area contributed by atoms with Crippen LogP contribution in [0.4, 0.5) is 8.78 Å². The lowest BCUT2D eigenvalue weighted by molar-refractivity contribution is -0.0504. The Morgan fingerprint density at radius 2 is 2.21 bits per heavy atom. The average molecular weight is 262 g/mol. The summed E-state index contributed by atoms with van der Waals surface area (Å²) in [6.45, 7) is -2.87. The molecular formula is C9H6BrF2NO. The lowest BCUT2D eigenvalue weighted by Gasteiger charge is -2.08. The molecule has 0 aliphatic carbocycles. The second-order valence-electron chi connectivity index (χ2n) is 2.47. The average Bonchev–Trinajstić information content (AvgIpc) is 2.09. The fourth-order valence-corrected chi connectivity index (χ4v) is 1.31. The van der Waals surface area contributed by atoms with Crippen LogP contribution in [0.15, 0.2) is 22.7 Å². The predicted molar refractivity (Wildman–Crippen MR) is 50.1 cm³/mol. The molecule has 14 heavy (non-hydrogen) atoms. The van der Waals surface area contributed by atoms with Crippen molar-refractivity contribution in [1.82, 2.24) is 0 Å². The van der Waals surface area contributed by atoms with E-state index in [9.17, 15) is 8.78 Å². The molecular weight excluding hydrogens is 256 g/mol. The van der Waals surface area contributed by atoms with Crippen LogP contribution in [0.5, 0.6) is 5.75 Å². The number of ether oxygens (including phenoxy) is 1. The maximum Gasteiger partial charge on any atom is 0.387 e. The molecule has 0 aliphatic heterocycles. The molecule has 1 aromatic carbocycles. The summed E-state index contributed by atoms with van der Waals surface area (Å²) in [6.07, 6.45) is 0.0509. The van der Waals surface area contributed by atoms with Crippen LogP contribution in [0.2, 0.25) is 0 Å². The van der Waals surface area contributed by atoms with Crippen LogP contribution < -0.4 is 4.74 Å². The molecule has 0 N–H and O–H groups in total. The molecule has 5 heteroatoms. The number of hydrogen-bond acceptors (Lipinski definition) is 2. The van der Waals surface area contributed by atoms with E-state index in [1.165, 1.54) is 6.07 Å². The van der Waals surface area contributed by atoms with Crippen molar-refractivity contribution < 1.29 is 13.5 Å². The highest BCUT2D eigenvalue weighted by atomic mass is 79.9. The van der Waals surface area contributed by atoms with E-state index >= 15 is 0 Å². The Labute approximate surface area is 88.2 Å². The Kier molecular flexibility index (Phi) is 3.84. The summed E-state index contributed by atoms with van der Waals surface area (Å²) < 4.78 is 28.8. The molecule has 74 valence electrons. The molecule has 0 fully saturated rings. The second kappa shape index (κ2) is 4.91. The van der Waals surface area contributed by atoms with E-state index in [0.29, 0.717) is 10.0 Å². The molecule has 0 atom stereocenters. The first kappa shape index (κ1) is 10.9. The van der Waals surface area contributed by atoms with E-state index in [4.69, 9.17) is 5.26 Å². The zero-order valence-corrected chi connectivity index (χ0v) is 8.59. The van der Waals surface area contributed by atoms with E-state index < -0.39 is 6.61 Å². The lowest BCUT2D eigenvalue weighted by Crippen LogP contribution is -2.04. The van der Waals surface area contributed by atoms with Gasteiger partial charge in [0.25, 0.3) is 0 Å². The summed E-state index contributed by atoms with van der Waals surface area (Å²) >= 11 is 3.13. The standard InChI is InChI=1S/C9H6BrF2NO/c10-7-2-1-6(3-4-13)8(5-7)14-9(11)12/h1-2,5,9H,3H2. The number of rotatable bonds is 3. The first-order chi connectivity index (χ1) is 6.63. The zero-order valence-electron chi connectivity index (χ0n) is 7.01. The summed E-state index contributed by atoms with van der Waals surface area (Å²) in [5.74, 6) is 0.0379. The minimum Gasteiger partial charge on any atom is -0.434 e. The number of hydrogen-bond donors (Lipinski definition) is 0. The van der Waals surface area contributed by atoms with Gasteiger partial charge in [0.05, 0.1) is 12.5 Å². The van der Waals surface area contributed by atoms with E-state index in [1.807, 2.05) is 6.07 Å². The fourth-order valence-electron chi connectivity index (χ4n) is 0.965. The van der Waals surface area contributed by atoms with Crippen LogP contribution in [0.25, 0.3) is 0 Å². The van der Waals surface area contributed by atoms with Crippen molar-refractivity contribution in [1.29, 1.82) is 5.26 Å². The molecule has 0 saturated carbocycles. The molecule has 1 rings (SSSR count). The minimum atomic E-state index is -2.87. The number of alkyl halides is 2. The van der Waals surface area contributed by atoms with Crippen LogP contribution in [0.3, 0.4) is 0 Å².